The minimum absolute atomic E-state index is 0.0508. The molecule has 0 unspecified atom stereocenters. The number of hydrogen-bond donors (Lipinski definition) is 2. The summed E-state index contributed by atoms with van der Waals surface area (Å²) in [6, 6.07) is 15.1. The van der Waals surface area contributed by atoms with Gasteiger partial charge in [0.15, 0.2) is 0 Å². The number of benzene rings is 1. The molecule has 33 heavy (non-hydrogen) atoms. The molecule has 0 atom stereocenters. The molecule has 3 aromatic rings. The molecule has 0 bridgehead atoms. The number of aryl methyl sites for hydroxylation is 1. The second-order valence-electron chi connectivity index (χ2n) is 8.95. The van der Waals surface area contributed by atoms with Crippen molar-refractivity contribution in [1.82, 2.24) is 20.3 Å². The molecular weight excluding hydrogens is 412 g/mol. The zero-order chi connectivity index (χ0) is 22.6. The van der Waals surface area contributed by atoms with E-state index in [1.54, 1.807) is 6.92 Å². The van der Waals surface area contributed by atoms with E-state index in [1.165, 1.54) is 11.3 Å². The number of nitrogens with one attached hydrogen (secondary N) is 2. The van der Waals surface area contributed by atoms with Crippen LogP contribution in [0.3, 0.4) is 0 Å². The van der Waals surface area contributed by atoms with Gasteiger partial charge >= 0.3 is 0 Å². The standard InChI is InChI=1S/C26H30N6O/c1-18(33)29-21-9-11-22(12-10-21)30-26-27-14-13-25(31-26)32-15-5-8-20-17-28-23(16-24(20)32)19-6-3-2-4-7-19/h2-4,6-7,13-14,16-17,21-22H,5,8-12,15H2,1H3,(H,29,33)(H,27,30,31). The summed E-state index contributed by atoms with van der Waals surface area (Å²) in [4.78, 5) is 27.7. The molecular formula is C26H30N6O. The third-order valence-electron chi connectivity index (χ3n) is 6.54. The zero-order valence-corrected chi connectivity index (χ0v) is 19.0. The number of carbonyl (C=O) groups excluding carboxylic acids is 1. The summed E-state index contributed by atoms with van der Waals surface area (Å²) in [6.45, 7) is 2.50. The summed E-state index contributed by atoms with van der Waals surface area (Å²) in [5.41, 5.74) is 4.52. The second-order valence-corrected chi connectivity index (χ2v) is 8.95. The van der Waals surface area contributed by atoms with Gasteiger partial charge in [0.2, 0.25) is 11.9 Å². The molecule has 1 aromatic carbocycles. The van der Waals surface area contributed by atoms with Gasteiger partial charge in [0.1, 0.15) is 5.82 Å². The van der Waals surface area contributed by atoms with E-state index in [0.29, 0.717) is 12.0 Å². The summed E-state index contributed by atoms with van der Waals surface area (Å²) < 4.78 is 0. The van der Waals surface area contributed by atoms with E-state index < -0.39 is 0 Å². The molecule has 5 rings (SSSR count). The van der Waals surface area contributed by atoms with Crippen LogP contribution >= 0.6 is 0 Å². The SMILES string of the molecule is CC(=O)NC1CCC(Nc2nccc(N3CCCc4cnc(-c5ccccc5)cc43)n2)CC1. The summed E-state index contributed by atoms with van der Waals surface area (Å²) in [7, 11) is 0. The normalized spacial score (nSPS) is 20.1. The second kappa shape index (κ2) is 9.57. The Labute approximate surface area is 194 Å². The number of amides is 1. The monoisotopic (exact) mass is 442 g/mol. The van der Waals surface area contributed by atoms with E-state index in [1.807, 2.05) is 36.7 Å². The fourth-order valence-corrected chi connectivity index (χ4v) is 4.89. The van der Waals surface area contributed by atoms with Crippen LogP contribution in [0.1, 0.15) is 44.6 Å². The Bertz CT molecular complexity index is 1110. The highest BCUT2D eigenvalue weighted by Crippen LogP contribution is 2.35. The molecule has 2 N–H and O–H groups in total. The van der Waals surface area contributed by atoms with Crippen molar-refractivity contribution in [3.8, 4) is 11.3 Å². The van der Waals surface area contributed by atoms with Gasteiger partial charge in [-0.25, -0.2) is 4.98 Å². The Morgan fingerprint density at radius 3 is 2.61 bits per heavy atom. The molecule has 0 spiro atoms. The van der Waals surface area contributed by atoms with Gasteiger partial charge in [-0.15, -0.1) is 0 Å². The number of carbonyl (C=O) groups is 1. The topological polar surface area (TPSA) is 83.0 Å². The van der Waals surface area contributed by atoms with Gasteiger partial charge < -0.3 is 15.5 Å². The maximum absolute atomic E-state index is 11.3. The van der Waals surface area contributed by atoms with Gasteiger partial charge in [0.25, 0.3) is 0 Å². The zero-order valence-electron chi connectivity index (χ0n) is 19.0. The molecule has 2 aromatic heterocycles. The average molecular weight is 443 g/mol. The lowest BCUT2D eigenvalue weighted by Crippen LogP contribution is -2.39. The van der Waals surface area contributed by atoms with Crippen molar-refractivity contribution in [2.75, 3.05) is 16.8 Å². The Hall–Kier alpha value is -3.48. The Morgan fingerprint density at radius 2 is 1.82 bits per heavy atom. The molecule has 3 heterocycles. The van der Waals surface area contributed by atoms with Crippen molar-refractivity contribution in [2.45, 2.75) is 57.5 Å². The molecule has 1 fully saturated rings. The highest BCUT2D eigenvalue weighted by atomic mass is 16.1. The minimum Gasteiger partial charge on any atom is -0.354 e. The van der Waals surface area contributed by atoms with E-state index in [9.17, 15) is 4.79 Å². The van der Waals surface area contributed by atoms with Crippen molar-refractivity contribution in [1.29, 1.82) is 0 Å². The number of pyridine rings is 1. The van der Waals surface area contributed by atoms with Crippen molar-refractivity contribution in [3.63, 3.8) is 0 Å². The lowest BCUT2D eigenvalue weighted by atomic mass is 9.91. The lowest BCUT2D eigenvalue weighted by Gasteiger charge is -2.31. The van der Waals surface area contributed by atoms with Gasteiger partial charge in [0.05, 0.1) is 5.69 Å². The van der Waals surface area contributed by atoms with Crippen LogP contribution in [0.4, 0.5) is 17.5 Å². The maximum atomic E-state index is 11.3. The van der Waals surface area contributed by atoms with Gasteiger partial charge in [0, 0.05) is 49.2 Å². The van der Waals surface area contributed by atoms with Gasteiger partial charge in [-0.1, -0.05) is 30.3 Å². The summed E-state index contributed by atoms with van der Waals surface area (Å²) >= 11 is 0. The van der Waals surface area contributed by atoms with Crippen molar-refractivity contribution >= 4 is 23.4 Å². The predicted octanol–water partition coefficient (Wildman–Crippen LogP) is 4.48. The van der Waals surface area contributed by atoms with Crippen LogP contribution in [0.15, 0.2) is 54.9 Å². The first-order chi connectivity index (χ1) is 16.2. The average Bonchev–Trinajstić information content (AvgIpc) is 2.85. The van der Waals surface area contributed by atoms with Crippen LogP contribution in [0.25, 0.3) is 11.3 Å². The quantitative estimate of drug-likeness (QED) is 0.606. The van der Waals surface area contributed by atoms with Crippen molar-refractivity contribution in [2.24, 2.45) is 0 Å². The Morgan fingerprint density at radius 1 is 1.03 bits per heavy atom. The van der Waals surface area contributed by atoms with E-state index in [-0.39, 0.29) is 11.9 Å². The predicted molar refractivity (Wildman–Crippen MR) is 131 cm³/mol. The molecule has 170 valence electrons. The first-order valence-corrected chi connectivity index (χ1v) is 11.8. The van der Waals surface area contributed by atoms with Crippen LogP contribution in [0.2, 0.25) is 0 Å². The number of rotatable bonds is 5. The van der Waals surface area contributed by atoms with Gasteiger partial charge in [-0.3, -0.25) is 9.78 Å². The van der Waals surface area contributed by atoms with Gasteiger partial charge in [-0.05, 0) is 56.2 Å². The fraction of sp³-hybridized carbons (Fsp3) is 0.385. The highest BCUT2D eigenvalue weighted by Gasteiger charge is 2.24. The molecule has 7 heteroatoms. The van der Waals surface area contributed by atoms with E-state index in [0.717, 1.165) is 62.1 Å². The Kier molecular flexibility index (Phi) is 6.19. The molecule has 1 aliphatic heterocycles. The molecule has 0 radical (unpaired) electrons. The minimum atomic E-state index is 0.0508. The maximum Gasteiger partial charge on any atom is 0.224 e. The third-order valence-corrected chi connectivity index (χ3v) is 6.54. The first kappa shape index (κ1) is 21.4. The van der Waals surface area contributed by atoms with E-state index in [4.69, 9.17) is 9.97 Å². The summed E-state index contributed by atoms with van der Waals surface area (Å²) in [5, 5.41) is 6.56. The van der Waals surface area contributed by atoms with Crippen molar-refractivity contribution in [3.05, 3.63) is 60.4 Å². The van der Waals surface area contributed by atoms with Crippen LogP contribution in [-0.4, -0.2) is 39.5 Å². The largest absolute Gasteiger partial charge is 0.354 e. The molecule has 1 aliphatic carbocycles. The number of anilines is 3. The smallest absolute Gasteiger partial charge is 0.224 e. The summed E-state index contributed by atoms with van der Waals surface area (Å²) in [6.07, 6.45) is 9.89. The molecule has 1 amide bonds. The molecule has 0 saturated heterocycles. The fourth-order valence-electron chi connectivity index (χ4n) is 4.89. The number of hydrogen-bond acceptors (Lipinski definition) is 6. The number of nitrogens with zero attached hydrogens (tertiary/aromatic N) is 4. The van der Waals surface area contributed by atoms with Crippen molar-refractivity contribution < 1.29 is 4.79 Å². The number of aromatic nitrogens is 3. The molecule has 1 saturated carbocycles. The van der Waals surface area contributed by atoms with Crippen LogP contribution < -0.4 is 15.5 Å². The van der Waals surface area contributed by atoms with Gasteiger partial charge in [-0.2, -0.15) is 4.98 Å². The van der Waals surface area contributed by atoms with E-state index >= 15 is 0 Å². The van der Waals surface area contributed by atoms with E-state index in [2.05, 4.69) is 38.7 Å². The molecule has 2 aliphatic rings. The van der Waals surface area contributed by atoms with Crippen LogP contribution in [-0.2, 0) is 11.2 Å². The first-order valence-electron chi connectivity index (χ1n) is 11.8. The van der Waals surface area contributed by atoms with Crippen LogP contribution in [0.5, 0.6) is 0 Å². The lowest BCUT2D eigenvalue weighted by molar-refractivity contribution is -0.119. The Balaban J connectivity index is 1.33. The molecule has 7 nitrogen and oxygen atoms in total. The van der Waals surface area contributed by atoms with Crippen LogP contribution in [0, 0.1) is 0 Å². The number of fused-ring (bicyclic) bond motifs is 1. The highest BCUT2D eigenvalue weighted by molar-refractivity contribution is 5.73. The summed E-state index contributed by atoms with van der Waals surface area (Å²) in [5.74, 6) is 1.63. The third kappa shape index (κ3) is 4.97.